The van der Waals surface area contributed by atoms with E-state index in [1.165, 1.54) is 7.11 Å². The van der Waals surface area contributed by atoms with Gasteiger partial charge in [0, 0.05) is 44.3 Å². The molecule has 0 unspecified atom stereocenters. The molecule has 122 valence electrons. The monoisotopic (exact) mass is 308 g/mol. The Morgan fingerprint density at radius 1 is 1.27 bits per heavy atom. The van der Waals surface area contributed by atoms with Gasteiger partial charge in [-0.3, -0.25) is 9.80 Å². The average Bonchev–Trinajstić information content (AvgIpc) is 2.91. The maximum Gasteiger partial charge on any atom is 0.169 e. The lowest BCUT2D eigenvalue weighted by molar-refractivity contribution is 0.0117. The van der Waals surface area contributed by atoms with E-state index in [2.05, 4.69) is 16.7 Å². The molecule has 2 saturated heterocycles. The zero-order chi connectivity index (χ0) is 15.5. The summed E-state index contributed by atoms with van der Waals surface area (Å²) in [5.74, 6) is 0.703. The molecule has 22 heavy (non-hydrogen) atoms. The highest BCUT2D eigenvalue weighted by atomic mass is 19.1. The maximum atomic E-state index is 14.3. The molecule has 0 radical (unpaired) electrons. The number of halogens is 1. The largest absolute Gasteiger partial charge is 0.494 e. The summed E-state index contributed by atoms with van der Waals surface area (Å²) in [5, 5.41) is 0. The van der Waals surface area contributed by atoms with Gasteiger partial charge in [-0.05, 0) is 12.0 Å². The second-order valence-corrected chi connectivity index (χ2v) is 6.32. The van der Waals surface area contributed by atoms with Crippen molar-refractivity contribution in [2.45, 2.75) is 19.5 Å². The number of morpholine rings is 1. The number of rotatable bonds is 4. The molecular weight excluding hydrogens is 283 g/mol. The van der Waals surface area contributed by atoms with Crippen molar-refractivity contribution in [2.75, 3.05) is 46.5 Å². The van der Waals surface area contributed by atoms with Crippen LogP contribution in [0.25, 0.3) is 0 Å². The molecule has 5 heteroatoms. The summed E-state index contributed by atoms with van der Waals surface area (Å²) >= 11 is 0. The van der Waals surface area contributed by atoms with Gasteiger partial charge in [-0.2, -0.15) is 0 Å². The molecule has 1 aromatic rings. The van der Waals surface area contributed by atoms with Gasteiger partial charge >= 0.3 is 0 Å². The van der Waals surface area contributed by atoms with Gasteiger partial charge in [0.15, 0.2) is 11.6 Å². The van der Waals surface area contributed by atoms with E-state index < -0.39 is 0 Å². The third kappa shape index (κ3) is 3.26. The van der Waals surface area contributed by atoms with Crippen LogP contribution in [0.2, 0.25) is 0 Å². The Morgan fingerprint density at radius 3 is 2.77 bits per heavy atom. The second-order valence-electron chi connectivity index (χ2n) is 6.32. The Kier molecular flexibility index (Phi) is 4.96. The van der Waals surface area contributed by atoms with E-state index >= 15 is 0 Å². The lowest BCUT2D eigenvalue weighted by atomic mass is 10.0. The molecule has 4 nitrogen and oxygen atoms in total. The van der Waals surface area contributed by atoms with Crippen LogP contribution in [0.5, 0.6) is 5.75 Å². The van der Waals surface area contributed by atoms with E-state index in [9.17, 15) is 4.39 Å². The van der Waals surface area contributed by atoms with Crippen LogP contribution >= 0.6 is 0 Å². The van der Waals surface area contributed by atoms with Crippen LogP contribution < -0.4 is 4.74 Å². The highest BCUT2D eigenvalue weighted by Gasteiger charge is 2.34. The van der Waals surface area contributed by atoms with Crippen molar-refractivity contribution in [1.82, 2.24) is 9.80 Å². The SMILES string of the molecule is COc1cccc(CN2C[C@@H](N3CCOCC3)[C@@H](C)C2)c1F. The van der Waals surface area contributed by atoms with Crippen molar-refractivity contribution >= 4 is 0 Å². The van der Waals surface area contributed by atoms with E-state index in [1.54, 1.807) is 6.07 Å². The number of methoxy groups -OCH3 is 1. The Labute approximate surface area is 131 Å². The number of benzene rings is 1. The summed E-state index contributed by atoms with van der Waals surface area (Å²) in [6.45, 7) is 8.63. The second kappa shape index (κ2) is 6.94. The van der Waals surface area contributed by atoms with Gasteiger partial charge in [0.1, 0.15) is 0 Å². The molecule has 0 spiro atoms. The summed E-state index contributed by atoms with van der Waals surface area (Å²) in [7, 11) is 1.51. The summed E-state index contributed by atoms with van der Waals surface area (Å²) in [6.07, 6.45) is 0. The fourth-order valence-corrected chi connectivity index (χ4v) is 3.64. The summed E-state index contributed by atoms with van der Waals surface area (Å²) in [6, 6.07) is 5.93. The van der Waals surface area contributed by atoms with Crippen molar-refractivity contribution in [3.05, 3.63) is 29.6 Å². The molecule has 2 fully saturated rings. The number of ether oxygens (including phenoxy) is 2. The lowest BCUT2D eigenvalue weighted by Gasteiger charge is -2.34. The number of nitrogens with zero attached hydrogens (tertiary/aromatic N) is 2. The van der Waals surface area contributed by atoms with Crippen LogP contribution in [0.1, 0.15) is 12.5 Å². The van der Waals surface area contributed by atoms with Crippen molar-refractivity contribution in [1.29, 1.82) is 0 Å². The van der Waals surface area contributed by atoms with Crippen LogP contribution in [-0.4, -0.2) is 62.3 Å². The number of likely N-dealkylation sites (tertiary alicyclic amines) is 1. The predicted octanol–water partition coefficient (Wildman–Crippen LogP) is 1.99. The van der Waals surface area contributed by atoms with Crippen LogP contribution in [0.4, 0.5) is 4.39 Å². The van der Waals surface area contributed by atoms with Crippen LogP contribution in [0.3, 0.4) is 0 Å². The van der Waals surface area contributed by atoms with Crippen LogP contribution in [0.15, 0.2) is 18.2 Å². The fraction of sp³-hybridized carbons (Fsp3) is 0.647. The molecule has 0 saturated carbocycles. The van der Waals surface area contributed by atoms with Gasteiger partial charge in [-0.15, -0.1) is 0 Å². The van der Waals surface area contributed by atoms with Gasteiger partial charge in [0.25, 0.3) is 0 Å². The highest BCUT2D eigenvalue weighted by molar-refractivity contribution is 5.31. The molecule has 2 heterocycles. The Balaban J connectivity index is 1.64. The first kappa shape index (κ1) is 15.7. The lowest BCUT2D eigenvalue weighted by Crippen LogP contribution is -2.46. The zero-order valence-electron chi connectivity index (χ0n) is 13.4. The van der Waals surface area contributed by atoms with Crippen molar-refractivity contribution in [2.24, 2.45) is 5.92 Å². The molecule has 1 aromatic carbocycles. The van der Waals surface area contributed by atoms with E-state index in [0.717, 1.165) is 39.4 Å². The normalized spacial score (nSPS) is 27.2. The topological polar surface area (TPSA) is 24.9 Å². The van der Waals surface area contributed by atoms with Gasteiger partial charge in [0.05, 0.1) is 20.3 Å². The fourth-order valence-electron chi connectivity index (χ4n) is 3.64. The molecule has 2 atom stereocenters. The van der Waals surface area contributed by atoms with E-state index in [1.807, 2.05) is 12.1 Å². The number of hydrogen-bond donors (Lipinski definition) is 0. The van der Waals surface area contributed by atoms with Crippen LogP contribution in [0, 0.1) is 11.7 Å². The standard InChI is InChI=1S/C17H25FN2O2/c1-13-10-19(12-15(13)20-6-8-22-9-7-20)11-14-4-3-5-16(21-2)17(14)18/h3-5,13,15H,6-12H2,1-2H3/t13-,15+/m0/s1. The Morgan fingerprint density at radius 2 is 2.05 bits per heavy atom. The minimum Gasteiger partial charge on any atom is -0.494 e. The van der Waals surface area contributed by atoms with Crippen LogP contribution in [-0.2, 0) is 11.3 Å². The van der Waals surface area contributed by atoms with Crippen molar-refractivity contribution in [3.63, 3.8) is 0 Å². The molecule has 0 amide bonds. The zero-order valence-corrected chi connectivity index (χ0v) is 13.4. The first-order valence-electron chi connectivity index (χ1n) is 8.04. The highest BCUT2D eigenvalue weighted by Crippen LogP contribution is 2.26. The quantitative estimate of drug-likeness (QED) is 0.849. The third-order valence-electron chi connectivity index (χ3n) is 4.82. The van der Waals surface area contributed by atoms with Gasteiger partial charge in [-0.25, -0.2) is 4.39 Å². The minimum absolute atomic E-state index is 0.229. The van der Waals surface area contributed by atoms with E-state index in [4.69, 9.17) is 9.47 Å². The molecule has 2 aliphatic rings. The molecular formula is C17H25FN2O2. The van der Waals surface area contributed by atoms with Crippen molar-refractivity contribution in [3.8, 4) is 5.75 Å². The Hall–Kier alpha value is -1.17. The van der Waals surface area contributed by atoms with Gasteiger partial charge < -0.3 is 9.47 Å². The van der Waals surface area contributed by atoms with Gasteiger partial charge in [-0.1, -0.05) is 19.1 Å². The van der Waals surface area contributed by atoms with E-state index in [0.29, 0.717) is 29.8 Å². The molecule has 0 aliphatic carbocycles. The maximum absolute atomic E-state index is 14.3. The summed E-state index contributed by atoms with van der Waals surface area (Å²) < 4.78 is 24.8. The first-order chi connectivity index (χ1) is 10.7. The smallest absolute Gasteiger partial charge is 0.169 e. The molecule has 0 aromatic heterocycles. The average molecular weight is 308 g/mol. The molecule has 0 N–H and O–H groups in total. The molecule has 0 bridgehead atoms. The van der Waals surface area contributed by atoms with E-state index in [-0.39, 0.29) is 5.82 Å². The predicted molar refractivity (Wildman–Crippen MR) is 83.6 cm³/mol. The first-order valence-corrected chi connectivity index (χ1v) is 8.04. The molecule has 2 aliphatic heterocycles. The van der Waals surface area contributed by atoms with Crippen molar-refractivity contribution < 1.29 is 13.9 Å². The third-order valence-corrected chi connectivity index (χ3v) is 4.82. The Bertz CT molecular complexity index is 505. The van der Waals surface area contributed by atoms with Gasteiger partial charge in [0.2, 0.25) is 0 Å². The summed E-state index contributed by atoms with van der Waals surface area (Å²) in [5.41, 5.74) is 0.717. The summed E-state index contributed by atoms with van der Waals surface area (Å²) in [4.78, 5) is 4.87. The molecule has 3 rings (SSSR count). The minimum atomic E-state index is -0.229. The number of hydrogen-bond acceptors (Lipinski definition) is 4.